The summed E-state index contributed by atoms with van der Waals surface area (Å²) in [6, 6.07) is 7.02. The summed E-state index contributed by atoms with van der Waals surface area (Å²) in [6.45, 7) is 0. The molecule has 0 radical (unpaired) electrons. The average molecular weight is 268 g/mol. The number of nitrogens with two attached hydrogens (primary N) is 1. The van der Waals surface area contributed by atoms with Gasteiger partial charge in [0.15, 0.2) is 0 Å². The van der Waals surface area contributed by atoms with Crippen LogP contribution < -0.4 is 5.73 Å². The fourth-order valence-electron chi connectivity index (χ4n) is 2.57. The van der Waals surface area contributed by atoms with Gasteiger partial charge >= 0.3 is 0 Å². The first-order chi connectivity index (χ1) is 9.74. The van der Waals surface area contributed by atoms with Crippen LogP contribution in [0.25, 0.3) is 22.4 Å². The predicted molar refractivity (Wildman–Crippen MR) is 75.6 cm³/mol. The molecule has 2 N–H and O–H groups in total. The van der Waals surface area contributed by atoms with Gasteiger partial charge in [-0.1, -0.05) is 0 Å². The van der Waals surface area contributed by atoms with Gasteiger partial charge in [0.25, 0.3) is 0 Å². The Morgan fingerprint density at radius 1 is 1.25 bits per heavy atom. The highest BCUT2D eigenvalue weighted by Gasteiger charge is 2.29. The number of nitrogens with zero attached hydrogens (tertiary/aromatic N) is 3. The van der Waals surface area contributed by atoms with Crippen LogP contribution in [0.2, 0.25) is 0 Å². The Bertz CT molecular complexity index is 805. The third kappa shape index (κ3) is 1.66. The molecule has 0 atom stereocenters. The predicted octanol–water partition coefficient (Wildman–Crippen LogP) is 3.15. The van der Waals surface area contributed by atoms with Gasteiger partial charge in [0.1, 0.15) is 11.6 Å². The summed E-state index contributed by atoms with van der Waals surface area (Å²) in [5.74, 6) is 0.528. The van der Waals surface area contributed by atoms with Crippen molar-refractivity contribution in [1.29, 1.82) is 0 Å². The van der Waals surface area contributed by atoms with Gasteiger partial charge < -0.3 is 10.3 Å². The zero-order valence-electron chi connectivity index (χ0n) is 10.8. The number of halogens is 1. The largest absolute Gasteiger partial charge is 0.397 e. The molecular weight excluding hydrogens is 255 g/mol. The topological polar surface area (TPSA) is 56.7 Å². The van der Waals surface area contributed by atoms with E-state index in [4.69, 9.17) is 5.73 Å². The number of hydrogen-bond acceptors (Lipinski definition) is 3. The molecule has 0 saturated heterocycles. The van der Waals surface area contributed by atoms with Crippen molar-refractivity contribution in [2.24, 2.45) is 0 Å². The molecule has 0 amide bonds. The molecule has 0 unspecified atom stereocenters. The van der Waals surface area contributed by atoms with Crippen LogP contribution in [0.1, 0.15) is 18.9 Å². The van der Waals surface area contributed by atoms with E-state index in [0.29, 0.717) is 17.2 Å². The van der Waals surface area contributed by atoms with Crippen molar-refractivity contribution in [3.8, 4) is 11.4 Å². The SMILES string of the molecule is Nc1cnccc1-c1nc2cc(F)ccc2n1C1CC1. The maximum absolute atomic E-state index is 13.4. The zero-order valence-corrected chi connectivity index (χ0v) is 10.8. The van der Waals surface area contributed by atoms with Gasteiger partial charge in [-0.05, 0) is 31.0 Å². The Labute approximate surface area is 115 Å². The number of pyridine rings is 1. The summed E-state index contributed by atoms with van der Waals surface area (Å²) in [7, 11) is 0. The number of benzene rings is 1. The molecule has 1 saturated carbocycles. The minimum atomic E-state index is -0.271. The number of hydrogen-bond donors (Lipinski definition) is 1. The van der Waals surface area contributed by atoms with Crippen molar-refractivity contribution >= 4 is 16.7 Å². The second-order valence-corrected chi connectivity index (χ2v) is 5.13. The van der Waals surface area contributed by atoms with Crippen molar-refractivity contribution in [3.05, 3.63) is 42.5 Å². The molecule has 4 rings (SSSR count). The number of fused-ring (bicyclic) bond motifs is 1. The zero-order chi connectivity index (χ0) is 13.7. The first-order valence-corrected chi connectivity index (χ1v) is 6.61. The van der Waals surface area contributed by atoms with Crippen LogP contribution in [0.5, 0.6) is 0 Å². The van der Waals surface area contributed by atoms with Crippen LogP contribution in [0.4, 0.5) is 10.1 Å². The van der Waals surface area contributed by atoms with E-state index in [1.54, 1.807) is 18.5 Å². The van der Waals surface area contributed by atoms with E-state index in [2.05, 4.69) is 14.5 Å². The maximum Gasteiger partial charge on any atom is 0.143 e. The van der Waals surface area contributed by atoms with Gasteiger partial charge in [0, 0.05) is 23.9 Å². The van der Waals surface area contributed by atoms with Crippen molar-refractivity contribution in [2.75, 3.05) is 5.73 Å². The van der Waals surface area contributed by atoms with Gasteiger partial charge in [0.2, 0.25) is 0 Å². The summed E-state index contributed by atoms with van der Waals surface area (Å²) in [5.41, 5.74) is 9.07. The number of imidazole rings is 1. The molecule has 0 spiro atoms. The van der Waals surface area contributed by atoms with Crippen LogP contribution in [0, 0.1) is 5.82 Å². The van der Waals surface area contributed by atoms with E-state index >= 15 is 0 Å². The molecule has 2 aromatic heterocycles. The molecular formula is C15H13FN4. The van der Waals surface area contributed by atoms with Crippen LogP contribution >= 0.6 is 0 Å². The van der Waals surface area contributed by atoms with E-state index < -0.39 is 0 Å². The summed E-state index contributed by atoms with van der Waals surface area (Å²) in [4.78, 5) is 8.59. The second kappa shape index (κ2) is 4.03. The fourth-order valence-corrected chi connectivity index (χ4v) is 2.57. The summed E-state index contributed by atoms with van der Waals surface area (Å²) < 4.78 is 15.6. The number of rotatable bonds is 2. The van der Waals surface area contributed by atoms with E-state index in [0.717, 1.165) is 29.7 Å². The lowest BCUT2D eigenvalue weighted by Gasteiger charge is -2.09. The number of nitrogen functional groups attached to an aromatic ring is 1. The Morgan fingerprint density at radius 3 is 2.85 bits per heavy atom. The molecule has 100 valence electrons. The van der Waals surface area contributed by atoms with E-state index in [1.165, 1.54) is 12.1 Å². The van der Waals surface area contributed by atoms with Gasteiger partial charge in [0.05, 0.1) is 22.9 Å². The van der Waals surface area contributed by atoms with Gasteiger partial charge in [-0.15, -0.1) is 0 Å². The summed E-state index contributed by atoms with van der Waals surface area (Å²) in [6.07, 6.45) is 5.57. The third-order valence-corrected chi connectivity index (χ3v) is 3.66. The standard InChI is InChI=1S/C15H13FN4/c16-9-1-4-14-13(7-9)19-15(20(14)10-2-3-10)11-5-6-18-8-12(11)17/h1,4-8,10H,2-3,17H2. The molecule has 1 aromatic carbocycles. The molecule has 3 aromatic rings. The van der Waals surface area contributed by atoms with Crippen LogP contribution in [-0.4, -0.2) is 14.5 Å². The molecule has 4 nitrogen and oxygen atoms in total. The lowest BCUT2D eigenvalue weighted by atomic mass is 10.2. The van der Waals surface area contributed by atoms with Crippen LogP contribution in [0.15, 0.2) is 36.7 Å². The Kier molecular flexibility index (Phi) is 2.30. The molecule has 1 aliphatic carbocycles. The van der Waals surface area contributed by atoms with Gasteiger partial charge in [-0.3, -0.25) is 4.98 Å². The molecule has 2 heterocycles. The minimum absolute atomic E-state index is 0.271. The first-order valence-electron chi connectivity index (χ1n) is 6.61. The minimum Gasteiger partial charge on any atom is -0.397 e. The molecule has 0 aliphatic heterocycles. The summed E-state index contributed by atoms with van der Waals surface area (Å²) in [5, 5.41) is 0. The Balaban J connectivity index is 2.03. The van der Waals surface area contributed by atoms with Crippen molar-refractivity contribution < 1.29 is 4.39 Å². The Hall–Kier alpha value is -2.43. The monoisotopic (exact) mass is 268 g/mol. The quantitative estimate of drug-likeness (QED) is 0.776. The molecule has 5 heteroatoms. The summed E-state index contributed by atoms with van der Waals surface area (Å²) >= 11 is 0. The molecule has 20 heavy (non-hydrogen) atoms. The highest BCUT2D eigenvalue weighted by molar-refractivity contribution is 5.83. The van der Waals surface area contributed by atoms with E-state index in [1.807, 2.05) is 6.07 Å². The third-order valence-electron chi connectivity index (χ3n) is 3.66. The highest BCUT2D eigenvalue weighted by atomic mass is 19.1. The number of aromatic nitrogens is 3. The van der Waals surface area contributed by atoms with Gasteiger partial charge in [-0.2, -0.15) is 0 Å². The molecule has 1 fully saturated rings. The smallest absolute Gasteiger partial charge is 0.143 e. The second-order valence-electron chi connectivity index (χ2n) is 5.13. The maximum atomic E-state index is 13.4. The van der Waals surface area contributed by atoms with E-state index in [-0.39, 0.29) is 5.82 Å². The van der Waals surface area contributed by atoms with Crippen LogP contribution in [-0.2, 0) is 0 Å². The van der Waals surface area contributed by atoms with Gasteiger partial charge in [-0.25, -0.2) is 9.37 Å². The van der Waals surface area contributed by atoms with Crippen molar-refractivity contribution in [2.45, 2.75) is 18.9 Å². The van der Waals surface area contributed by atoms with Crippen molar-refractivity contribution in [1.82, 2.24) is 14.5 Å². The Morgan fingerprint density at radius 2 is 2.10 bits per heavy atom. The lowest BCUT2D eigenvalue weighted by molar-refractivity contribution is 0.629. The lowest BCUT2D eigenvalue weighted by Crippen LogP contribution is -2.00. The molecule has 0 bridgehead atoms. The molecule has 1 aliphatic rings. The van der Waals surface area contributed by atoms with Crippen molar-refractivity contribution in [3.63, 3.8) is 0 Å². The highest BCUT2D eigenvalue weighted by Crippen LogP contribution is 2.42. The normalized spacial score (nSPS) is 14.8. The van der Waals surface area contributed by atoms with Crippen LogP contribution in [0.3, 0.4) is 0 Å². The first kappa shape index (κ1) is 11.4. The number of anilines is 1. The van der Waals surface area contributed by atoms with E-state index in [9.17, 15) is 4.39 Å². The fraction of sp³-hybridized carbons (Fsp3) is 0.200. The average Bonchev–Trinajstić information content (AvgIpc) is 3.20.